The lowest BCUT2D eigenvalue weighted by atomic mass is 9.94. The zero-order chi connectivity index (χ0) is 9.76. The highest BCUT2D eigenvalue weighted by Crippen LogP contribution is 2.59. The Morgan fingerprint density at radius 1 is 1.36 bits per heavy atom. The minimum Gasteiger partial charge on any atom is -0.219 e. The zero-order valence-corrected chi connectivity index (χ0v) is 9.09. The number of halogens is 1. The highest BCUT2D eigenvalue weighted by atomic mass is 35.5. The van der Waals surface area contributed by atoms with Crippen LogP contribution in [-0.4, -0.2) is 17.5 Å². The second-order valence-corrected chi connectivity index (χ2v) is 5.20. The molecule has 2 aliphatic rings. The molecule has 2 fully saturated rings. The molecule has 0 radical (unpaired) electrons. The number of benzene rings is 1. The molecular formula is C12H14ClN. The smallest absolute Gasteiger partial charge is 0.0239 e. The molecule has 0 N–H and O–H groups in total. The van der Waals surface area contributed by atoms with Crippen LogP contribution in [0, 0.1) is 12.8 Å². The first-order chi connectivity index (χ1) is 6.71. The Hall–Kier alpha value is -0.530. The van der Waals surface area contributed by atoms with Gasteiger partial charge in [0.15, 0.2) is 0 Å². The Labute approximate surface area is 89.8 Å². The van der Waals surface area contributed by atoms with Crippen LogP contribution in [0.25, 0.3) is 0 Å². The second-order valence-electron chi connectivity index (χ2n) is 4.73. The van der Waals surface area contributed by atoms with E-state index in [1.54, 1.807) is 0 Å². The third-order valence-corrected chi connectivity index (χ3v) is 3.99. The van der Waals surface area contributed by atoms with E-state index in [-0.39, 0.29) is 0 Å². The molecule has 0 unspecified atom stereocenters. The first-order valence-electron chi connectivity index (χ1n) is 5.19. The van der Waals surface area contributed by atoms with Crippen LogP contribution >= 0.6 is 11.8 Å². The monoisotopic (exact) mass is 207 g/mol. The first-order valence-corrected chi connectivity index (χ1v) is 5.52. The van der Waals surface area contributed by atoms with Gasteiger partial charge in [-0.2, -0.15) is 0 Å². The van der Waals surface area contributed by atoms with Gasteiger partial charge in [-0.3, -0.25) is 0 Å². The molecule has 1 aliphatic heterocycles. The normalized spacial score (nSPS) is 35.7. The number of aryl methyl sites for hydroxylation is 1. The van der Waals surface area contributed by atoms with Crippen LogP contribution in [0.2, 0.25) is 0 Å². The van der Waals surface area contributed by atoms with Gasteiger partial charge in [0, 0.05) is 18.5 Å². The summed E-state index contributed by atoms with van der Waals surface area (Å²) < 4.78 is 1.94. The summed E-state index contributed by atoms with van der Waals surface area (Å²) in [5.41, 5.74) is 3.23. The Bertz CT molecular complexity index is 359. The van der Waals surface area contributed by atoms with E-state index in [0.717, 1.165) is 19.0 Å². The summed E-state index contributed by atoms with van der Waals surface area (Å²) in [6.45, 7) is 4.23. The molecule has 1 aromatic carbocycles. The van der Waals surface area contributed by atoms with Crippen molar-refractivity contribution in [1.82, 2.24) is 4.42 Å². The standard InChI is InChI=1S/C12H14ClN/c1-9-2-4-10(5-3-9)12-6-11(12)7-14(13)8-12/h2-5,11H,6-8H2,1H3/t11-,12+/m1/s1. The van der Waals surface area contributed by atoms with Gasteiger partial charge in [-0.1, -0.05) is 29.8 Å². The minimum atomic E-state index is 0.412. The van der Waals surface area contributed by atoms with Crippen LogP contribution in [0.15, 0.2) is 24.3 Å². The lowest BCUT2D eigenvalue weighted by Gasteiger charge is -2.14. The van der Waals surface area contributed by atoms with E-state index >= 15 is 0 Å². The fourth-order valence-corrected chi connectivity index (χ4v) is 3.13. The van der Waals surface area contributed by atoms with E-state index in [2.05, 4.69) is 31.2 Å². The van der Waals surface area contributed by atoms with Crippen LogP contribution in [0.5, 0.6) is 0 Å². The molecule has 0 bridgehead atoms. The van der Waals surface area contributed by atoms with Crippen LogP contribution in [0.1, 0.15) is 17.5 Å². The van der Waals surface area contributed by atoms with Gasteiger partial charge in [0.2, 0.25) is 0 Å². The quantitative estimate of drug-likeness (QED) is 0.641. The van der Waals surface area contributed by atoms with Gasteiger partial charge in [0.25, 0.3) is 0 Å². The van der Waals surface area contributed by atoms with Crippen molar-refractivity contribution >= 4 is 11.8 Å². The van der Waals surface area contributed by atoms with Crippen molar-refractivity contribution in [3.63, 3.8) is 0 Å². The predicted octanol–water partition coefficient (Wildman–Crippen LogP) is 2.72. The highest BCUT2D eigenvalue weighted by Gasteiger charge is 2.60. The van der Waals surface area contributed by atoms with Gasteiger partial charge in [0.05, 0.1) is 0 Å². The molecule has 1 nitrogen and oxygen atoms in total. The lowest BCUT2D eigenvalue weighted by Crippen LogP contribution is -2.17. The minimum absolute atomic E-state index is 0.412. The van der Waals surface area contributed by atoms with Gasteiger partial charge in [-0.05, 0) is 36.6 Å². The van der Waals surface area contributed by atoms with E-state index < -0.39 is 0 Å². The summed E-state index contributed by atoms with van der Waals surface area (Å²) in [4.78, 5) is 0. The van der Waals surface area contributed by atoms with Crippen molar-refractivity contribution < 1.29 is 0 Å². The van der Waals surface area contributed by atoms with Crippen molar-refractivity contribution in [2.75, 3.05) is 13.1 Å². The van der Waals surface area contributed by atoms with Gasteiger partial charge >= 0.3 is 0 Å². The Kier molecular flexibility index (Phi) is 1.71. The van der Waals surface area contributed by atoms with Crippen molar-refractivity contribution in [1.29, 1.82) is 0 Å². The predicted molar refractivity (Wildman–Crippen MR) is 58.4 cm³/mol. The highest BCUT2D eigenvalue weighted by molar-refractivity contribution is 6.13. The lowest BCUT2D eigenvalue weighted by molar-refractivity contribution is 0.484. The summed E-state index contributed by atoms with van der Waals surface area (Å²) in [6, 6.07) is 8.95. The fourth-order valence-electron chi connectivity index (χ4n) is 2.75. The maximum atomic E-state index is 6.04. The van der Waals surface area contributed by atoms with Gasteiger partial charge in [-0.25, -0.2) is 4.42 Å². The summed E-state index contributed by atoms with van der Waals surface area (Å²) in [7, 11) is 0. The van der Waals surface area contributed by atoms with Gasteiger partial charge in [-0.15, -0.1) is 0 Å². The maximum absolute atomic E-state index is 6.04. The molecule has 1 saturated heterocycles. The number of rotatable bonds is 1. The average molecular weight is 208 g/mol. The van der Waals surface area contributed by atoms with Gasteiger partial charge in [0.1, 0.15) is 0 Å². The van der Waals surface area contributed by atoms with Crippen LogP contribution in [0.4, 0.5) is 0 Å². The molecule has 3 rings (SSSR count). The van der Waals surface area contributed by atoms with Gasteiger partial charge < -0.3 is 0 Å². The molecular weight excluding hydrogens is 194 g/mol. The Morgan fingerprint density at radius 2 is 2.07 bits per heavy atom. The molecule has 0 amide bonds. The molecule has 2 atom stereocenters. The molecule has 2 heteroatoms. The van der Waals surface area contributed by atoms with E-state index in [1.807, 2.05) is 4.42 Å². The first kappa shape index (κ1) is 8.75. The molecule has 0 spiro atoms. The Balaban J connectivity index is 1.93. The van der Waals surface area contributed by atoms with Crippen LogP contribution < -0.4 is 0 Å². The molecule has 74 valence electrons. The third-order valence-electron chi connectivity index (χ3n) is 3.73. The molecule has 14 heavy (non-hydrogen) atoms. The van der Waals surface area contributed by atoms with Crippen molar-refractivity contribution in [2.24, 2.45) is 5.92 Å². The van der Waals surface area contributed by atoms with E-state index in [1.165, 1.54) is 17.5 Å². The fraction of sp³-hybridized carbons (Fsp3) is 0.500. The molecule has 1 heterocycles. The molecule has 1 saturated carbocycles. The third kappa shape index (κ3) is 1.12. The average Bonchev–Trinajstić information content (AvgIpc) is 2.71. The number of piperidine rings is 1. The number of nitrogens with zero attached hydrogens (tertiary/aromatic N) is 1. The van der Waals surface area contributed by atoms with E-state index in [4.69, 9.17) is 11.8 Å². The second kappa shape index (κ2) is 2.74. The largest absolute Gasteiger partial charge is 0.219 e. The summed E-state index contributed by atoms with van der Waals surface area (Å²) >= 11 is 6.04. The summed E-state index contributed by atoms with van der Waals surface area (Å²) in [5.74, 6) is 0.808. The van der Waals surface area contributed by atoms with Crippen molar-refractivity contribution in [3.05, 3.63) is 35.4 Å². The van der Waals surface area contributed by atoms with E-state index in [0.29, 0.717) is 5.41 Å². The number of hydrogen-bond donors (Lipinski definition) is 0. The number of hydrogen-bond acceptors (Lipinski definition) is 1. The van der Waals surface area contributed by atoms with Crippen molar-refractivity contribution in [3.8, 4) is 0 Å². The van der Waals surface area contributed by atoms with Crippen LogP contribution in [-0.2, 0) is 5.41 Å². The van der Waals surface area contributed by atoms with E-state index in [9.17, 15) is 0 Å². The zero-order valence-electron chi connectivity index (χ0n) is 8.33. The Morgan fingerprint density at radius 3 is 2.64 bits per heavy atom. The molecule has 0 aromatic heterocycles. The molecule has 1 aliphatic carbocycles. The summed E-state index contributed by atoms with van der Waals surface area (Å²) in [5, 5.41) is 0. The SMILES string of the molecule is Cc1ccc([C@@]23C[C@@H]2CN(Cl)C3)cc1. The number of fused-ring (bicyclic) bond motifs is 1. The summed E-state index contributed by atoms with van der Waals surface area (Å²) in [6.07, 6.45) is 1.33. The topological polar surface area (TPSA) is 3.24 Å². The van der Waals surface area contributed by atoms with Crippen LogP contribution in [0.3, 0.4) is 0 Å². The molecule has 1 aromatic rings. The maximum Gasteiger partial charge on any atom is 0.0239 e. The van der Waals surface area contributed by atoms with Crippen molar-refractivity contribution in [2.45, 2.75) is 18.8 Å².